The van der Waals surface area contributed by atoms with Crippen molar-refractivity contribution in [3.8, 4) is 11.5 Å². The number of ether oxygens (including phenoxy) is 2. The molecule has 3 rings (SSSR count). The van der Waals surface area contributed by atoms with Crippen LogP contribution in [0, 0.1) is 6.92 Å². The second kappa shape index (κ2) is 5.97. The summed E-state index contributed by atoms with van der Waals surface area (Å²) in [5.74, 6) is 1.52. The Balaban J connectivity index is 1.89. The highest BCUT2D eigenvalue weighted by molar-refractivity contribution is 7.07. The molecule has 1 aromatic carbocycles. The quantitative estimate of drug-likeness (QED) is 0.643. The predicted octanol–water partition coefficient (Wildman–Crippen LogP) is 2.56. The average molecular weight is 301 g/mol. The Bertz CT molecular complexity index is 759. The minimum atomic E-state index is 0.277. The van der Waals surface area contributed by atoms with Gasteiger partial charge in [-0.25, -0.2) is 4.68 Å². The van der Waals surface area contributed by atoms with Gasteiger partial charge in [0.1, 0.15) is 0 Å². The zero-order chi connectivity index (χ0) is 14.7. The van der Waals surface area contributed by atoms with Crippen LogP contribution in [0.5, 0.6) is 11.5 Å². The fourth-order valence-corrected chi connectivity index (χ4v) is 2.71. The van der Waals surface area contributed by atoms with E-state index in [9.17, 15) is 0 Å². The maximum Gasteiger partial charge on any atom is 0.231 e. The van der Waals surface area contributed by atoms with Crippen molar-refractivity contribution in [2.45, 2.75) is 6.92 Å². The summed E-state index contributed by atoms with van der Waals surface area (Å²) in [5.41, 5.74) is 1.99. The number of fused-ring (bicyclic) bond motifs is 1. The zero-order valence-electron chi connectivity index (χ0n) is 11.7. The molecule has 0 radical (unpaired) electrons. The first-order chi connectivity index (χ1) is 10.3. The molecule has 1 aliphatic rings. The van der Waals surface area contributed by atoms with Gasteiger partial charge in [0.05, 0.1) is 18.5 Å². The number of nitrogens with zero attached hydrogens (tertiary/aromatic N) is 3. The van der Waals surface area contributed by atoms with Gasteiger partial charge in [-0.15, -0.1) is 17.9 Å². The molecule has 0 spiro atoms. The molecule has 21 heavy (non-hydrogen) atoms. The summed E-state index contributed by atoms with van der Waals surface area (Å²) in [6.45, 7) is 6.54. The van der Waals surface area contributed by atoms with E-state index in [1.54, 1.807) is 23.6 Å². The predicted molar refractivity (Wildman–Crippen MR) is 83.2 cm³/mol. The Hall–Kier alpha value is -2.34. The topological polar surface area (TPSA) is 48.1 Å². The van der Waals surface area contributed by atoms with Crippen LogP contribution in [0.2, 0.25) is 0 Å². The fourth-order valence-electron chi connectivity index (χ4n) is 1.89. The molecule has 0 N–H and O–H groups in total. The lowest BCUT2D eigenvalue weighted by atomic mass is 10.2. The first-order valence-electron chi connectivity index (χ1n) is 6.50. The molecule has 1 aliphatic heterocycles. The van der Waals surface area contributed by atoms with Crippen LogP contribution in [0.4, 0.5) is 0 Å². The lowest BCUT2D eigenvalue weighted by Crippen LogP contribution is -2.12. The van der Waals surface area contributed by atoms with Crippen molar-refractivity contribution in [3.05, 3.63) is 52.3 Å². The average Bonchev–Trinajstić information content (AvgIpc) is 3.09. The largest absolute Gasteiger partial charge is 0.454 e. The Morgan fingerprint density at radius 2 is 2.24 bits per heavy atom. The third-order valence-corrected chi connectivity index (χ3v) is 3.90. The van der Waals surface area contributed by atoms with Crippen molar-refractivity contribution >= 4 is 17.6 Å². The third kappa shape index (κ3) is 2.90. The van der Waals surface area contributed by atoms with E-state index < -0.39 is 0 Å². The van der Waals surface area contributed by atoms with Gasteiger partial charge in [0.2, 0.25) is 11.6 Å². The van der Waals surface area contributed by atoms with E-state index in [4.69, 9.17) is 9.47 Å². The summed E-state index contributed by atoms with van der Waals surface area (Å²) in [5, 5.41) is 6.52. The summed E-state index contributed by atoms with van der Waals surface area (Å²) in [6, 6.07) is 5.74. The second-order valence-electron chi connectivity index (χ2n) is 4.46. The second-order valence-corrected chi connectivity index (χ2v) is 5.29. The number of rotatable bonds is 4. The zero-order valence-corrected chi connectivity index (χ0v) is 12.5. The van der Waals surface area contributed by atoms with E-state index in [1.165, 1.54) is 0 Å². The molecule has 0 amide bonds. The van der Waals surface area contributed by atoms with Gasteiger partial charge in [-0.05, 0) is 30.7 Å². The molecule has 0 aliphatic carbocycles. The van der Waals surface area contributed by atoms with Crippen LogP contribution in [-0.4, -0.2) is 24.2 Å². The summed E-state index contributed by atoms with van der Waals surface area (Å²) in [7, 11) is 0. The van der Waals surface area contributed by atoms with Gasteiger partial charge < -0.3 is 9.47 Å². The maximum absolute atomic E-state index is 5.36. The molecule has 0 bridgehead atoms. The SMILES string of the molecule is C=CCN=c1scc(C)n1/N=C\c1ccc2c(c1)OCO2. The Kier molecular flexibility index (Phi) is 3.87. The molecule has 6 heteroatoms. The van der Waals surface area contributed by atoms with Crippen molar-refractivity contribution in [1.29, 1.82) is 0 Å². The standard InChI is InChI=1S/C15H15N3O2S/c1-3-6-16-15-18(11(2)9-21-15)17-8-12-4-5-13-14(7-12)20-10-19-13/h3-5,7-9H,1,6,10H2,2H3/b16-15?,17-8-. The Morgan fingerprint density at radius 3 is 3.10 bits per heavy atom. The van der Waals surface area contributed by atoms with Crippen LogP contribution >= 0.6 is 11.3 Å². The van der Waals surface area contributed by atoms with Crippen molar-refractivity contribution < 1.29 is 9.47 Å². The molecular formula is C15H15N3O2S. The molecule has 5 nitrogen and oxygen atoms in total. The number of aromatic nitrogens is 1. The van der Waals surface area contributed by atoms with Crippen molar-refractivity contribution in [2.75, 3.05) is 13.3 Å². The summed E-state index contributed by atoms with van der Waals surface area (Å²) in [6.07, 6.45) is 3.55. The highest BCUT2D eigenvalue weighted by atomic mass is 32.1. The molecule has 0 saturated carbocycles. The Labute approximate surface area is 126 Å². The van der Waals surface area contributed by atoms with Crippen LogP contribution in [-0.2, 0) is 0 Å². The van der Waals surface area contributed by atoms with Crippen LogP contribution in [0.1, 0.15) is 11.3 Å². The van der Waals surface area contributed by atoms with Crippen LogP contribution in [0.15, 0.2) is 46.3 Å². The van der Waals surface area contributed by atoms with Gasteiger partial charge in [0.25, 0.3) is 0 Å². The van der Waals surface area contributed by atoms with Crippen molar-refractivity contribution in [3.63, 3.8) is 0 Å². The van der Waals surface area contributed by atoms with Gasteiger partial charge in [-0.3, -0.25) is 4.99 Å². The van der Waals surface area contributed by atoms with E-state index in [0.717, 1.165) is 27.6 Å². The smallest absolute Gasteiger partial charge is 0.231 e. The monoisotopic (exact) mass is 301 g/mol. The van der Waals surface area contributed by atoms with Crippen LogP contribution in [0.25, 0.3) is 0 Å². The van der Waals surface area contributed by atoms with Gasteiger partial charge in [-0.1, -0.05) is 6.08 Å². The lowest BCUT2D eigenvalue weighted by Gasteiger charge is -1.99. The normalized spacial score (nSPS) is 14.0. The van der Waals surface area contributed by atoms with Gasteiger partial charge in [0, 0.05) is 5.38 Å². The molecule has 2 aromatic rings. The molecule has 0 unspecified atom stereocenters. The van der Waals surface area contributed by atoms with Crippen molar-refractivity contribution in [1.82, 2.24) is 4.68 Å². The van der Waals surface area contributed by atoms with E-state index in [2.05, 4.69) is 16.7 Å². The summed E-state index contributed by atoms with van der Waals surface area (Å²) >= 11 is 1.56. The first-order valence-corrected chi connectivity index (χ1v) is 7.38. The molecule has 2 heterocycles. The van der Waals surface area contributed by atoms with Gasteiger partial charge in [-0.2, -0.15) is 5.10 Å². The molecule has 0 saturated heterocycles. The Morgan fingerprint density at radius 1 is 1.38 bits per heavy atom. The molecule has 0 fully saturated rings. The van der Waals surface area contributed by atoms with E-state index in [0.29, 0.717) is 6.54 Å². The maximum atomic E-state index is 5.36. The molecule has 108 valence electrons. The highest BCUT2D eigenvalue weighted by Crippen LogP contribution is 2.31. The number of hydrogen-bond donors (Lipinski definition) is 0. The van der Waals surface area contributed by atoms with Crippen LogP contribution in [0.3, 0.4) is 0 Å². The third-order valence-electron chi connectivity index (χ3n) is 2.92. The van der Waals surface area contributed by atoms with E-state index >= 15 is 0 Å². The van der Waals surface area contributed by atoms with Gasteiger partial charge in [0.15, 0.2) is 11.5 Å². The van der Waals surface area contributed by atoms with E-state index in [-0.39, 0.29) is 6.79 Å². The number of benzene rings is 1. The van der Waals surface area contributed by atoms with Gasteiger partial charge >= 0.3 is 0 Å². The van der Waals surface area contributed by atoms with Crippen molar-refractivity contribution in [2.24, 2.45) is 10.1 Å². The minimum absolute atomic E-state index is 0.277. The number of thiazole rings is 1. The molecule has 1 aromatic heterocycles. The number of hydrogen-bond acceptors (Lipinski definition) is 5. The molecular weight excluding hydrogens is 286 g/mol. The highest BCUT2D eigenvalue weighted by Gasteiger charge is 2.12. The van der Waals surface area contributed by atoms with Crippen LogP contribution < -0.4 is 14.3 Å². The summed E-state index contributed by atoms with van der Waals surface area (Å²) < 4.78 is 12.5. The first kappa shape index (κ1) is 13.6. The lowest BCUT2D eigenvalue weighted by molar-refractivity contribution is 0.174. The molecule has 0 atom stereocenters. The summed E-state index contributed by atoms with van der Waals surface area (Å²) in [4.78, 5) is 5.27. The number of aryl methyl sites for hydroxylation is 1. The van der Waals surface area contributed by atoms with E-state index in [1.807, 2.05) is 35.2 Å². The minimum Gasteiger partial charge on any atom is -0.454 e. The fraction of sp³-hybridized carbons (Fsp3) is 0.200.